The summed E-state index contributed by atoms with van der Waals surface area (Å²) in [5, 5.41) is 10.4. The Kier molecular flexibility index (Phi) is 1.47. The minimum absolute atomic E-state index is 0.282. The molecule has 2 aliphatic rings. The van der Waals surface area contributed by atoms with E-state index in [1.165, 1.54) is 6.42 Å². The molecular weight excluding hydrogens is 180 g/mol. The first-order chi connectivity index (χ1) is 6.75. The lowest BCUT2D eigenvalue weighted by atomic mass is 10.00. The highest BCUT2D eigenvalue weighted by molar-refractivity contribution is 5.92. The van der Waals surface area contributed by atoms with Crippen molar-refractivity contribution in [1.29, 1.82) is 0 Å². The highest BCUT2D eigenvalue weighted by atomic mass is 16.1. The summed E-state index contributed by atoms with van der Waals surface area (Å²) in [7, 11) is 0. The van der Waals surface area contributed by atoms with E-state index in [1.807, 2.05) is 0 Å². The van der Waals surface area contributed by atoms with Gasteiger partial charge in [-0.1, -0.05) is 0 Å². The third kappa shape index (κ3) is 0.928. The molecule has 4 N–H and O–H groups in total. The zero-order valence-corrected chi connectivity index (χ0v) is 7.71. The molecule has 0 saturated carbocycles. The first kappa shape index (κ1) is 7.99. The fourth-order valence-electron chi connectivity index (χ4n) is 2.56. The smallest absolute Gasteiger partial charge is 0.269 e. The fraction of sp³-hybridized carbons (Fsp3) is 0.556. The van der Waals surface area contributed by atoms with E-state index in [2.05, 4.69) is 15.5 Å². The van der Waals surface area contributed by atoms with E-state index in [0.717, 1.165) is 24.1 Å². The highest BCUT2D eigenvalue weighted by Gasteiger charge is 2.36. The number of aromatic nitrogens is 2. The van der Waals surface area contributed by atoms with E-state index in [4.69, 9.17) is 5.73 Å². The summed E-state index contributed by atoms with van der Waals surface area (Å²) in [5.74, 6) is -0.436. The van der Waals surface area contributed by atoms with Crippen molar-refractivity contribution in [2.24, 2.45) is 5.73 Å². The topological polar surface area (TPSA) is 83.8 Å². The molecule has 2 bridgehead atoms. The predicted molar refractivity (Wildman–Crippen MR) is 49.7 cm³/mol. The van der Waals surface area contributed by atoms with Crippen LogP contribution in [0.25, 0.3) is 0 Å². The molecule has 0 spiro atoms. The molecule has 3 rings (SSSR count). The van der Waals surface area contributed by atoms with Crippen molar-refractivity contribution in [2.75, 3.05) is 0 Å². The lowest BCUT2D eigenvalue weighted by molar-refractivity contribution is 0.0994. The van der Waals surface area contributed by atoms with Crippen molar-refractivity contribution in [3.05, 3.63) is 17.0 Å². The summed E-state index contributed by atoms with van der Waals surface area (Å²) in [6.07, 6.45) is 3.19. The molecular formula is C9H12N4O. The maximum absolute atomic E-state index is 11.1. The summed E-state index contributed by atoms with van der Waals surface area (Å²) in [5.41, 5.74) is 7.77. The summed E-state index contributed by atoms with van der Waals surface area (Å²) < 4.78 is 0. The van der Waals surface area contributed by atoms with Crippen LogP contribution in [0.4, 0.5) is 0 Å². The summed E-state index contributed by atoms with van der Waals surface area (Å²) >= 11 is 0. The number of nitrogens with two attached hydrogens (primary N) is 1. The molecule has 14 heavy (non-hydrogen) atoms. The van der Waals surface area contributed by atoms with Crippen molar-refractivity contribution in [1.82, 2.24) is 15.5 Å². The lowest BCUT2D eigenvalue weighted by Gasteiger charge is -2.21. The van der Waals surface area contributed by atoms with Crippen molar-refractivity contribution in [2.45, 2.75) is 31.3 Å². The molecule has 0 radical (unpaired) electrons. The molecule has 1 aromatic rings. The van der Waals surface area contributed by atoms with Crippen LogP contribution in [-0.4, -0.2) is 22.1 Å². The number of nitrogens with zero attached hydrogens (tertiary/aromatic N) is 1. The molecule has 1 aromatic heterocycles. The van der Waals surface area contributed by atoms with Crippen LogP contribution >= 0.6 is 0 Å². The van der Waals surface area contributed by atoms with Gasteiger partial charge < -0.3 is 11.1 Å². The van der Waals surface area contributed by atoms with Crippen LogP contribution in [0, 0.1) is 0 Å². The quantitative estimate of drug-likeness (QED) is 0.579. The van der Waals surface area contributed by atoms with E-state index < -0.39 is 5.91 Å². The van der Waals surface area contributed by atoms with Crippen LogP contribution in [0.3, 0.4) is 0 Å². The number of amides is 1. The van der Waals surface area contributed by atoms with Crippen molar-refractivity contribution >= 4 is 5.91 Å². The largest absolute Gasteiger partial charge is 0.364 e. The SMILES string of the molecule is NC(=O)c1n[nH]c2c1C1CCC(C2)N1. The third-order valence-electron chi connectivity index (χ3n) is 3.16. The van der Waals surface area contributed by atoms with Crippen LogP contribution in [0.15, 0.2) is 0 Å². The van der Waals surface area contributed by atoms with Crippen molar-refractivity contribution < 1.29 is 4.79 Å². The van der Waals surface area contributed by atoms with Gasteiger partial charge in [-0.3, -0.25) is 9.89 Å². The molecule has 74 valence electrons. The Morgan fingerprint density at radius 1 is 1.50 bits per heavy atom. The Balaban J connectivity index is 2.13. The maximum atomic E-state index is 11.1. The zero-order chi connectivity index (χ0) is 9.71. The van der Waals surface area contributed by atoms with Crippen LogP contribution in [0.2, 0.25) is 0 Å². The number of carbonyl (C=O) groups excluding carboxylic acids is 1. The van der Waals surface area contributed by atoms with Gasteiger partial charge in [0.15, 0.2) is 5.69 Å². The van der Waals surface area contributed by atoms with Gasteiger partial charge in [-0.15, -0.1) is 0 Å². The van der Waals surface area contributed by atoms with E-state index in [9.17, 15) is 4.79 Å². The van der Waals surface area contributed by atoms with E-state index in [-0.39, 0.29) is 6.04 Å². The molecule has 3 heterocycles. The van der Waals surface area contributed by atoms with Crippen LogP contribution in [-0.2, 0) is 6.42 Å². The number of H-pyrrole nitrogens is 1. The average molecular weight is 192 g/mol. The number of primary amides is 1. The van der Waals surface area contributed by atoms with Gasteiger partial charge in [-0.25, -0.2) is 0 Å². The highest BCUT2D eigenvalue weighted by Crippen LogP contribution is 2.36. The minimum atomic E-state index is -0.436. The Morgan fingerprint density at radius 2 is 2.36 bits per heavy atom. The molecule has 2 unspecified atom stereocenters. The zero-order valence-electron chi connectivity index (χ0n) is 7.71. The first-order valence-electron chi connectivity index (χ1n) is 4.88. The van der Waals surface area contributed by atoms with Gasteiger partial charge in [0.2, 0.25) is 0 Å². The fourth-order valence-corrected chi connectivity index (χ4v) is 2.56. The summed E-state index contributed by atoms with van der Waals surface area (Å²) in [6.45, 7) is 0. The molecule has 2 atom stereocenters. The molecule has 2 aliphatic heterocycles. The Labute approximate surface area is 81.1 Å². The van der Waals surface area contributed by atoms with Crippen LogP contribution in [0.5, 0.6) is 0 Å². The Hall–Kier alpha value is -1.36. The molecule has 0 aromatic carbocycles. The summed E-state index contributed by atoms with van der Waals surface area (Å²) in [4.78, 5) is 11.1. The normalized spacial score (nSPS) is 28.9. The number of fused-ring (bicyclic) bond motifs is 4. The number of hydrogen-bond acceptors (Lipinski definition) is 3. The van der Waals surface area contributed by atoms with Gasteiger partial charge in [0.25, 0.3) is 5.91 Å². The van der Waals surface area contributed by atoms with Gasteiger partial charge in [-0.2, -0.15) is 5.10 Å². The molecule has 1 fully saturated rings. The monoisotopic (exact) mass is 192 g/mol. The van der Waals surface area contributed by atoms with Gasteiger partial charge in [0.1, 0.15) is 0 Å². The molecule has 5 nitrogen and oxygen atoms in total. The van der Waals surface area contributed by atoms with E-state index in [1.54, 1.807) is 0 Å². The number of rotatable bonds is 1. The maximum Gasteiger partial charge on any atom is 0.269 e. The molecule has 5 heteroatoms. The van der Waals surface area contributed by atoms with Crippen LogP contribution < -0.4 is 11.1 Å². The van der Waals surface area contributed by atoms with Crippen molar-refractivity contribution in [3.8, 4) is 0 Å². The number of nitrogens with one attached hydrogen (secondary N) is 2. The first-order valence-corrected chi connectivity index (χ1v) is 4.88. The second-order valence-electron chi connectivity index (χ2n) is 4.03. The second-order valence-corrected chi connectivity index (χ2v) is 4.03. The van der Waals surface area contributed by atoms with E-state index in [0.29, 0.717) is 11.7 Å². The number of carbonyl (C=O) groups is 1. The Bertz CT molecular complexity index is 398. The number of aromatic amines is 1. The van der Waals surface area contributed by atoms with E-state index >= 15 is 0 Å². The van der Waals surface area contributed by atoms with Gasteiger partial charge >= 0.3 is 0 Å². The number of hydrogen-bond donors (Lipinski definition) is 3. The molecule has 1 saturated heterocycles. The Morgan fingerprint density at radius 3 is 3.14 bits per heavy atom. The van der Waals surface area contributed by atoms with Gasteiger partial charge in [0.05, 0.1) is 0 Å². The second kappa shape index (κ2) is 2.57. The summed E-state index contributed by atoms with van der Waals surface area (Å²) in [6, 6.07) is 0.832. The van der Waals surface area contributed by atoms with Crippen LogP contribution in [0.1, 0.15) is 40.6 Å². The average Bonchev–Trinajstić information content (AvgIpc) is 2.71. The predicted octanol–water partition coefficient (Wildman–Crippen LogP) is -0.142. The van der Waals surface area contributed by atoms with Gasteiger partial charge in [0, 0.05) is 29.8 Å². The van der Waals surface area contributed by atoms with Gasteiger partial charge in [-0.05, 0) is 12.8 Å². The third-order valence-corrected chi connectivity index (χ3v) is 3.16. The lowest BCUT2D eigenvalue weighted by Crippen LogP contribution is -2.32. The molecule has 0 aliphatic carbocycles. The standard InChI is InChI=1S/C9H12N4O/c10-9(14)8-7-5-2-1-4(11-5)3-6(7)12-13-8/h4-5,11H,1-3H2,(H2,10,14)(H,12,13). The van der Waals surface area contributed by atoms with Crippen molar-refractivity contribution in [3.63, 3.8) is 0 Å². The molecule has 1 amide bonds. The minimum Gasteiger partial charge on any atom is -0.364 e.